The molecule has 1 saturated heterocycles. The standard InChI is InChI=1S/C10H21N3/c1-12(2)9-3-4-13(7-9)10-5-8(11)6-10/h8-10H,3-7,11H2,1-2H3. The van der Waals surface area contributed by atoms with Crippen LogP contribution in [-0.2, 0) is 0 Å². The van der Waals surface area contributed by atoms with Gasteiger partial charge in [-0.05, 0) is 33.4 Å². The van der Waals surface area contributed by atoms with E-state index < -0.39 is 0 Å². The van der Waals surface area contributed by atoms with Crippen molar-refractivity contribution in [3.8, 4) is 0 Å². The van der Waals surface area contributed by atoms with Crippen molar-refractivity contribution >= 4 is 0 Å². The molecule has 0 aromatic carbocycles. The highest BCUT2D eigenvalue weighted by Gasteiger charge is 2.35. The maximum absolute atomic E-state index is 5.79. The minimum atomic E-state index is 0.489. The first-order valence-electron chi connectivity index (χ1n) is 5.33. The molecule has 0 radical (unpaired) electrons. The van der Waals surface area contributed by atoms with Crippen LogP contribution in [0.25, 0.3) is 0 Å². The zero-order valence-electron chi connectivity index (χ0n) is 8.74. The minimum Gasteiger partial charge on any atom is -0.328 e. The van der Waals surface area contributed by atoms with Crippen LogP contribution in [-0.4, -0.2) is 55.1 Å². The van der Waals surface area contributed by atoms with Crippen LogP contribution in [0.3, 0.4) is 0 Å². The number of nitrogens with zero attached hydrogens (tertiary/aromatic N) is 2. The Labute approximate surface area is 80.9 Å². The average Bonchev–Trinajstić information content (AvgIpc) is 2.46. The zero-order chi connectivity index (χ0) is 9.42. The molecule has 0 amide bonds. The van der Waals surface area contributed by atoms with Gasteiger partial charge in [0.2, 0.25) is 0 Å². The largest absolute Gasteiger partial charge is 0.328 e. The van der Waals surface area contributed by atoms with Gasteiger partial charge in [-0.3, -0.25) is 4.90 Å². The van der Waals surface area contributed by atoms with Crippen molar-refractivity contribution in [2.75, 3.05) is 27.2 Å². The lowest BCUT2D eigenvalue weighted by molar-refractivity contribution is 0.128. The highest BCUT2D eigenvalue weighted by Crippen LogP contribution is 2.27. The van der Waals surface area contributed by atoms with E-state index in [1.165, 1.54) is 32.4 Å². The van der Waals surface area contributed by atoms with Gasteiger partial charge in [0, 0.05) is 31.2 Å². The van der Waals surface area contributed by atoms with Gasteiger partial charge >= 0.3 is 0 Å². The van der Waals surface area contributed by atoms with Gasteiger partial charge in [0.05, 0.1) is 0 Å². The highest BCUT2D eigenvalue weighted by atomic mass is 15.3. The molecule has 2 N–H and O–H groups in total. The Morgan fingerprint density at radius 1 is 1.31 bits per heavy atom. The van der Waals surface area contributed by atoms with Crippen molar-refractivity contribution in [1.29, 1.82) is 0 Å². The summed E-state index contributed by atoms with van der Waals surface area (Å²) in [4.78, 5) is 4.96. The van der Waals surface area contributed by atoms with E-state index in [2.05, 4.69) is 23.9 Å². The summed E-state index contributed by atoms with van der Waals surface area (Å²) in [7, 11) is 4.36. The van der Waals surface area contributed by atoms with Gasteiger partial charge in [-0.2, -0.15) is 0 Å². The van der Waals surface area contributed by atoms with Crippen molar-refractivity contribution in [3.05, 3.63) is 0 Å². The van der Waals surface area contributed by atoms with Gasteiger partial charge in [-0.25, -0.2) is 0 Å². The fourth-order valence-electron chi connectivity index (χ4n) is 2.45. The van der Waals surface area contributed by atoms with Crippen molar-refractivity contribution in [2.24, 2.45) is 5.73 Å². The van der Waals surface area contributed by atoms with Crippen LogP contribution in [0.1, 0.15) is 19.3 Å². The summed E-state index contributed by atoms with van der Waals surface area (Å²) < 4.78 is 0. The topological polar surface area (TPSA) is 32.5 Å². The molecule has 2 aliphatic rings. The number of likely N-dealkylation sites (N-methyl/N-ethyl adjacent to an activating group) is 1. The lowest BCUT2D eigenvalue weighted by Gasteiger charge is -2.39. The monoisotopic (exact) mass is 183 g/mol. The van der Waals surface area contributed by atoms with Gasteiger partial charge in [0.25, 0.3) is 0 Å². The van der Waals surface area contributed by atoms with E-state index in [1.54, 1.807) is 0 Å². The van der Waals surface area contributed by atoms with Crippen LogP contribution in [0.5, 0.6) is 0 Å². The van der Waals surface area contributed by atoms with E-state index in [1.807, 2.05) is 0 Å². The predicted octanol–water partition coefficient (Wildman–Crippen LogP) is 0.112. The fraction of sp³-hybridized carbons (Fsp3) is 1.00. The van der Waals surface area contributed by atoms with Gasteiger partial charge in [0.15, 0.2) is 0 Å². The van der Waals surface area contributed by atoms with Crippen LogP contribution < -0.4 is 5.73 Å². The van der Waals surface area contributed by atoms with E-state index in [0.29, 0.717) is 6.04 Å². The predicted molar refractivity (Wildman–Crippen MR) is 54.7 cm³/mol. The summed E-state index contributed by atoms with van der Waals surface area (Å²) >= 11 is 0. The van der Waals surface area contributed by atoms with Crippen LogP contribution in [0.2, 0.25) is 0 Å². The summed E-state index contributed by atoms with van der Waals surface area (Å²) in [6, 6.07) is 2.07. The molecule has 1 heterocycles. The first-order valence-corrected chi connectivity index (χ1v) is 5.33. The molecular formula is C10H21N3. The van der Waals surface area contributed by atoms with E-state index in [0.717, 1.165) is 12.1 Å². The van der Waals surface area contributed by atoms with Crippen molar-refractivity contribution in [3.63, 3.8) is 0 Å². The summed E-state index contributed by atoms with van der Waals surface area (Å²) in [5, 5.41) is 0. The zero-order valence-corrected chi connectivity index (χ0v) is 8.74. The molecule has 76 valence electrons. The molecule has 13 heavy (non-hydrogen) atoms. The maximum Gasteiger partial charge on any atom is 0.0229 e. The third kappa shape index (κ3) is 1.87. The Kier molecular flexibility index (Phi) is 2.58. The van der Waals surface area contributed by atoms with Crippen molar-refractivity contribution in [1.82, 2.24) is 9.80 Å². The maximum atomic E-state index is 5.79. The lowest BCUT2D eigenvalue weighted by atomic mass is 9.86. The van der Waals surface area contributed by atoms with E-state index in [-0.39, 0.29) is 0 Å². The Hall–Kier alpha value is -0.120. The van der Waals surface area contributed by atoms with E-state index in [9.17, 15) is 0 Å². The van der Waals surface area contributed by atoms with E-state index >= 15 is 0 Å². The van der Waals surface area contributed by atoms with Crippen molar-refractivity contribution < 1.29 is 0 Å². The van der Waals surface area contributed by atoms with Crippen LogP contribution in [0.15, 0.2) is 0 Å². The molecule has 1 saturated carbocycles. The molecule has 1 unspecified atom stereocenters. The summed E-state index contributed by atoms with van der Waals surface area (Å²) in [5.74, 6) is 0. The Morgan fingerprint density at radius 2 is 2.00 bits per heavy atom. The second-order valence-electron chi connectivity index (χ2n) is 4.79. The average molecular weight is 183 g/mol. The second-order valence-corrected chi connectivity index (χ2v) is 4.79. The molecular weight excluding hydrogens is 162 g/mol. The molecule has 1 aliphatic carbocycles. The van der Waals surface area contributed by atoms with Gasteiger partial charge < -0.3 is 10.6 Å². The normalized spacial score (nSPS) is 41.1. The first-order chi connectivity index (χ1) is 6.16. The third-order valence-corrected chi connectivity index (χ3v) is 3.59. The van der Waals surface area contributed by atoms with Crippen LogP contribution in [0, 0.1) is 0 Å². The molecule has 0 aromatic heterocycles. The second kappa shape index (κ2) is 3.56. The summed E-state index contributed by atoms with van der Waals surface area (Å²) in [5.41, 5.74) is 5.79. The third-order valence-electron chi connectivity index (χ3n) is 3.59. The number of nitrogens with two attached hydrogens (primary N) is 1. The summed E-state index contributed by atoms with van der Waals surface area (Å²) in [6.07, 6.45) is 3.78. The van der Waals surface area contributed by atoms with Gasteiger partial charge in [-0.15, -0.1) is 0 Å². The molecule has 0 aromatic rings. The molecule has 0 bridgehead atoms. The fourth-order valence-corrected chi connectivity index (χ4v) is 2.45. The smallest absolute Gasteiger partial charge is 0.0229 e. The number of hydrogen-bond acceptors (Lipinski definition) is 3. The molecule has 3 nitrogen and oxygen atoms in total. The van der Waals surface area contributed by atoms with E-state index in [4.69, 9.17) is 5.73 Å². The minimum absolute atomic E-state index is 0.489. The molecule has 2 rings (SSSR count). The Balaban J connectivity index is 1.78. The lowest BCUT2D eigenvalue weighted by Crippen LogP contribution is -2.50. The van der Waals surface area contributed by atoms with Crippen LogP contribution in [0.4, 0.5) is 0 Å². The number of rotatable bonds is 2. The van der Waals surface area contributed by atoms with Gasteiger partial charge in [-0.1, -0.05) is 0 Å². The quantitative estimate of drug-likeness (QED) is 0.659. The molecule has 3 heteroatoms. The molecule has 1 atom stereocenters. The summed E-state index contributed by atoms with van der Waals surface area (Å²) in [6.45, 7) is 2.53. The molecule has 2 fully saturated rings. The molecule has 1 aliphatic heterocycles. The molecule has 0 spiro atoms. The van der Waals surface area contributed by atoms with Gasteiger partial charge in [0.1, 0.15) is 0 Å². The Morgan fingerprint density at radius 3 is 2.46 bits per heavy atom. The SMILES string of the molecule is CN(C)C1CCN(C2CC(N)C2)C1. The number of likely N-dealkylation sites (tertiary alicyclic amines) is 1. The first kappa shape index (κ1) is 9.44. The van der Waals surface area contributed by atoms with Crippen molar-refractivity contribution in [2.45, 2.75) is 37.4 Å². The number of hydrogen-bond donors (Lipinski definition) is 1. The Bertz CT molecular complexity index is 175. The highest BCUT2D eigenvalue weighted by molar-refractivity contribution is 4.94. The van der Waals surface area contributed by atoms with Crippen LogP contribution >= 0.6 is 0 Å².